The third kappa shape index (κ3) is 5.14. The van der Waals surface area contributed by atoms with Crippen LogP contribution < -0.4 is 0 Å². The van der Waals surface area contributed by atoms with Crippen LogP contribution in [0.2, 0.25) is 0 Å². The van der Waals surface area contributed by atoms with Crippen molar-refractivity contribution in [2.24, 2.45) is 11.8 Å². The summed E-state index contributed by atoms with van der Waals surface area (Å²) in [5.74, 6) is -3.41. The minimum atomic E-state index is -0.975. The van der Waals surface area contributed by atoms with Gasteiger partial charge in [-0.25, -0.2) is 0 Å². The van der Waals surface area contributed by atoms with Gasteiger partial charge in [-0.3, -0.25) is 9.59 Å². The van der Waals surface area contributed by atoms with Crippen molar-refractivity contribution in [3.63, 3.8) is 0 Å². The lowest BCUT2D eigenvalue weighted by Crippen LogP contribution is -2.29. The number of carboxylic acid groups (broad SMARTS) is 2. The fourth-order valence-electron chi connectivity index (χ4n) is 1.84. The van der Waals surface area contributed by atoms with E-state index < -0.39 is 23.8 Å². The summed E-state index contributed by atoms with van der Waals surface area (Å²) in [6.45, 7) is 3.95. The average Bonchev–Trinajstić information content (AvgIpc) is 2.21. The molecule has 0 rings (SSSR count). The monoisotopic (exact) mass is 230 g/mol. The molecule has 0 bridgehead atoms. The molecule has 0 aliphatic rings. The van der Waals surface area contributed by atoms with Crippen LogP contribution in [0, 0.1) is 11.8 Å². The molecule has 0 unspecified atom stereocenters. The Balaban J connectivity index is 4.52. The summed E-state index contributed by atoms with van der Waals surface area (Å²) < 4.78 is 0. The van der Waals surface area contributed by atoms with E-state index in [0.717, 1.165) is 25.7 Å². The highest BCUT2D eigenvalue weighted by Gasteiger charge is 2.32. The van der Waals surface area contributed by atoms with E-state index in [4.69, 9.17) is 10.2 Å². The first-order chi connectivity index (χ1) is 7.54. The summed E-state index contributed by atoms with van der Waals surface area (Å²) in [5, 5.41) is 18.1. The molecule has 16 heavy (non-hydrogen) atoms. The van der Waals surface area contributed by atoms with Crippen molar-refractivity contribution in [3.05, 3.63) is 0 Å². The third-order valence-corrected chi connectivity index (χ3v) is 2.86. The van der Waals surface area contributed by atoms with Gasteiger partial charge in [0.05, 0.1) is 11.8 Å². The predicted octanol–water partition coefficient (Wildman–Crippen LogP) is 2.77. The highest BCUT2D eigenvalue weighted by Crippen LogP contribution is 2.24. The highest BCUT2D eigenvalue weighted by molar-refractivity contribution is 5.79. The fourth-order valence-corrected chi connectivity index (χ4v) is 1.84. The standard InChI is InChI=1S/C12H22O4/c1-3-5-7-9(11(13)14)10(12(15)16)8-6-4-2/h9-10H,3-8H2,1-2H3,(H,13,14)(H,15,16)/t9-,10-/m1/s1. The smallest absolute Gasteiger partial charge is 0.307 e. The van der Waals surface area contributed by atoms with Gasteiger partial charge in [0.2, 0.25) is 0 Å². The Labute approximate surface area is 96.7 Å². The van der Waals surface area contributed by atoms with Crippen LogP contribution in [0.3, 0.4) is 0 Å². The maximum atomic E-state index is 11.1. The minimum Gasteiger partial charge on any atom is -0.481 e. The van der Waals surface area contributed by atoms with Crippen molar-refractivity contribution >= 4 is 11.9 Å². The van der Waals surface area contributed by atoms with Crippen molar-refractivity contribution < 1.29 is 19.8 Å². The maximum absolute atomic E-state index is 11.1. The van der Waals surface area contributed by atoms with E-state index in [2.05, 4.69) is 0 Å². The van der Waals surface area contributed by atoms with Crippen LogP contribution in [-0.2, 0) is 9.59 Å². The molecule has 0 aliphatic heterocycles. The van der Waals surface area contributed by atoms with E-state index >= 15 is 0 Å². The van der Waals surface area contributed by atoms with E-state index in [1.165, 1.54) is 0 Å². The molecular formula is C12H22O4. The zero-order valence-electron chi connectivity index (χ0n) is 10.1. The second-order valence-electron chi connectivity index (χ2n) is 4.17. The van der Waals surface area contributed by atoms with Crippen LogP contribution in [0.15, 0.2) is 0 Å². The van der Waals surface area contributed by atoms with E-state index in [1.807, 2.05) is 13.8 Å². The molecule has 0 spiro atoms. The molecule has 2 atom stereocenters. The van der Waals surface area contributed by atoms with E-state index in [1.54, 1.807) is 0 Å². The molecule has 0 radical (unpaired) electrons. The lowest BCUT2D eigenvalue weighted by Gasteiger charge is -2.19. The molecule has 4 heteroatoms. The lowest BCUT2D eigenvalue weighted by molar-refractivity contribution is -0.154. The van der Waals surface area contributed by atoms with Crippen LogP contribution in [0.5, 0.6) is 0 Å². The molecule has 0 aliphatic carbocycles. The quantitative estimate of drug-likeness (QED) is 0.638. The second kappa shape index (κ2) is 8.13. The number of carboxylic acids is 2. The van der Waals surface area contributed by atoms with E-state index in [0.29, 0.717) is 12.8 Å². The van der Waals surface area contributed by atoms with Crippen molar-refractivity contribution in [3.8, 4) is 0 Å². The van der Waals surface area contributed by atoms with Gasteiger partial charge in [0.1, 0.15) is 0 Å². The number of hydrogen-bond donors (Lipinski definition) is 2. The number of carbonyl (C=O) groups is 2. The Bertz CT molecular complexity index is 201. The van der Waals surface area contributed by atoms with Gasteiger partial charge < -0.3 is 10.2 Å². The molecule has 0 heterocycles. The Morgan fingerprint density at radius 1 is 0.875 bits per heavy atom. The zero-order chi connectivity index (χ0) is 12.6. The molecule has 0 fully saturated rings. The summed E-state index contributed by atoms with van der Waals surface area (Å²) in [7, 11) is 0. The van der Waals surface area contributed by atoms with Crippen LogP contribution in [-0.4, -0.2) is 22.2 Å². The van der Waals surface area contributed by atoms with Gasteiger partial charge in [-0.1, -0.05) is 39.5 Å². The highest BCUT2D eigenvalue weighted by atomic mass is 16.4. The normalized spacial score (nSPS) is 14.4. The Morgan fingerprint density at radius 3 is 1.38 bits per heavy atom. The third-order valence-electron chi connectivity index (χ3n) is 2.86. The molecule has 0 aromatic carbocycles. The first kappa shape index (κ1) is 14.9. The molecule has 94 valence electrons. The summed E-state index contributed by atoms with van der Waals surface area (Å²) in [4.78, 5) is 22.1. The van der Waals surface area contributed by atoms with Crippen molar-refractivity contribution in [2.45, 2.75) is 52.4 Å². The van der Waals surface area contributed by atoms with Gasteiger partial charge in [-0.05, 0) is 12.8 Å². The summed E-state index contributed by atoms with van der Waals surface area (Å²) in [6, 6.07) is 0. The zero-order valence-corrected chi connectivity index (χ0v) is 10.1. The summed E-state index contributed by atoms with van der Waals surface area (Å²) >= 11 is 0. The molecular weight excluding hydrogens is 208 g/mol. The molecule has 0 saturated carbocycles. The number of rotatable bonds is 9. The van der Waals surface area contributed by atoms with Gasteiger partial charge >= 0.3 is 11.9 Å². The average molecular weight is 230 g/mol. The van der Waals surface area contributed by atoms with Gasteiger partial charge in [0.15, 0.2) is 0 Å². The molecule has 0 saturated heterocycles. The van der Waals surface area contributed by atoms with Crippen molar-refractivity contribution in [1.29, 1.82) is 0 Å². The first-order valence-electron chi connectivity index (χ1n) is 6.00. The van der Waals surface area contributed by atoms with Crippen molar-refractivity contribution in [2.75, 3.05) is 0 Å². The van der Waals surface area contributed by atoms with Crippen LogP contribution in [0.1, 0.15) is 52.4 Å². The maximum Gasteiger partial charge on any atom is 0.307 e. The van der Waals surface area contributed by atoms with Crippen LogP contribution >= 0.6 is 0 Å². The van der Waals surface area contributed by atoms with Gasteiger partial charge in [-0.15, -0.1) is 0 Å². The van der Waals surface area contributed by atoms with Gasteiger partial charge in [0.25, 0.3) is 0 Å². The lowest BCUT2D eigenvalue weighted by atomic mass is 9.84. The van der Waals surface area contributed by atoms with E-state index in [9.17, 15) is 9.59 Å². The molecule has 2 N–H and O–H groups in total. The SMILES string of the molecule is CCCC[C@@H](C(=O)O)[C@@H](CCCC)C(=O)O. The van der Waals surface area contributed by atoms with Crippen molar-refractivity contribution in [1.82, 2.24) is 0 Å². The van der Waals surface area contributed by atoms with Crippen LogP contribution in [0.25, 0.3) is 0 Å². The first-order valence-corrected chi connectivity index (χ1v) is 6.00. The van der Waals surface area contributed by atoms with Gasteiger partial charge in [-0.2, -0.15) is 0 Å². The number of unbranched alkanes of at least 4 members (excludes halogenated alkanes) is 2. The second-order valence-corrected chi connectivity index (χ2v) is 4.17. The largest absolute Gasteiger partial charge is 0.481 e. The Morgan fingerprint density at radius 2 is 1.19 bits per heavy atom. The fraction of sp³-hybridized carbons (Fsp3) is 0.833. The minimum absolute atomic E-state index is 0.465. The Kier molecular flexibility index (Phi) is 7.60. The number of hydrogen-bond acceptors (Lipinski definition) is 2. The Hall–Kier alpha value is -1.06. The predicted molar refractivity (Wildman–Crippen MR) is 61.3 cm³/mol. The summed E-state index contributed by atoms with van der Waals surface area (Å²) in [5.41, 5.74) is 0. The van der Waals surface area contributed by atoms with E-state index in [-0.39, 0.29) is 0 Å². The topological polar surface area (TPSA) is 74.6 Å². The number of aliphatic carboxylic acids is 2. The molecule has 0 aromatic heterocycles. The molecule has 0 amide bonds. The van der Waals surface area contributed by atoms with Crippen LogP contribution in [0.4, 0.5) is 0 Å². The molecule has 4 nitrogen and oxygen atoms in total. The summed E-state index contributed by atoms with van der Waals surface area (Å²) in [6.07, 6.45) is 4.26. The van der Waals surface area contributed by atoms with Gasteiger partial charge in [0, 0.05) is 0 Å². The molecule has 0 aromatic rings.